The molecule has 33 heavy (non-hydrogen) atoms. The van der Waals surface area contributed by atoms with E-state index in [1.165, 1.54) is 0 Å². The molecular weight excluding hydrogens is 414 g/mol. The summed E-state index contributed by atoms with van der Waals surface area (Å²) in [4.78, 5) is 12.4. The van der Waals surface area contributed by atoms with Crippen LogP contribution in [0.15, 0.2) is 89.1 Å². The minimum absolute atomic E-state index is 0.0319. The molecule has 168 valence electrons. The first kappa shape index (κ1) is 22.3. The SMILES string of the molecule is CC(C)(C)c1ccccc1OCC(=O)N=Nc1c(O)n(Cc2ccccc2)c2ccccc12. The highest BCUT2D eigenvalue weighted by Gasteiger charge is 2.19. The van der Waals surface area contributed by atoms with Crippen molar-refractivity contribution in [2.75, 3.05) is 6.61 Å². The van der Waals surface area contributed by atoms with E-state index in [0.29, 0.717) is 12.3 Å². The molecule has 0 spiro atoms. The van der Waals surface area contributed by atoms with Crippen LogP contribution in [0.3, 0.4) is 0 Å². The lowest BCUT2D eigenvalue weighted by molar-refractivity contribution is -0.120. The second-order valence-corrected chi connectivity index (χ2v) is 8.89. The molecule has 1 N–H and O–H groups in total. The number of amides is 1. The first-order valence-corrected chi connectivity index (χ1v) is 10.9. The van der Waals surface area contributed by atoms with Gasteiger partial charge in [-0.2, -0.15) is 0 Å². The van der Waals surface area contributed by atoms with Crippen molar-refractivity contribution < 1.29 is 14.6 Å². The van der Waals surface area contributed by atoms with E-state index < -0.39 is 5.91 Å². The van der Waals surface area contributed by atoms with Gasteiger partial charge < -0.3 is 14.4 Å². The molecule has 0 aliphatic carbocycles. The Morgan fingerprint density at radius 2 is 1.61 bits per heavy atom. The zero-order valence-electron chi connectivity index (χ0n) is 19.0. The maximum Gasteiger partial charge on any atom is 0.302 e. The van der Waals surface area contributed by atoms with Crippen LogP contribution in [0.25, 0.3) is 10.9 Å². The molecule has 4 rings (SSSR count). The molecule has 0 radical (unpaired) electrons. The first-order chi connectivity index (χ1) is 15.8. The van der Waals surface area contributed by atoms with Crippen LogP contribution in [0.4, 0.5) is 5.69 Å². The third-order valence-corrected chi connectivity index (χ3v) is 5.41. The van der Waals surface area contributed by atoms with Gasteiger partial charge in [0.1, 0.15) is 5.75 Å². The van der Waals surface area contributed by atoms with Crippen molar-refractivity contribution in [3.8, 4) is 11.6 Å². The van der Waals surface area contributed by atoms with Crippen molar-refractivity contribution in [3.63, 3.8) is 0 Å². The first-order valence-electron chi connectivity index (χ1n) is 10.9. The number of carbonyl (C=O) groups is 1. The number of carbonyl (C=O) groups excluding carboxylic acids is 1. The predicted molar refractivity (Wildman–Crippen MR) is 129 cm³/mol. The summed E-state index contributed by atoms with van der Waals surface area (Å²) >= 11 is 0. The number of aromatic nitrogens is 1. The average molecular weight is 442 g/mol. The largest absolute Gasteiger partial charge is 0.493 e. The lowest BCUT2D eigenvalue weighted by Crippen LogP contribution is -2.15. The molecular formula is C27H27N3O3. The topological polar surface area (TPSA) is 76.2 Å². The van der Waals surface area contributed by atoms with Gasteiger partial charge >= 0.3 is 5.91 Å². The molecule has 6 nitrogen and oxygen atoms in total. The predicted octanol–water partition coefficient (Wildman–Crippen LogP) is 6.38. The van der Waals surface area contributed by atoms with Gasteiger partial charge in [-0.1, -0.05) is 87.5 Å². The van der Waals surface area contributed by atoms with E-state index in [1.54, 1.807) is 4.57 Å². The number of azo groups is 1. The van der Waals surface area contributed by atoms with Gasteiger partial charge in [-0.25, -0.2) is 0 Å². The summed E-state index contributed by atoms with van der Waals surface area (Å²) in [6.07, 6.45) is 0. The summed E-state index contributed by atoms with van der Waals surface area (Å²) in [6.45, 7) is 6.50. The van der Waals surface area contributed by atoms with Gasteiger partial charge in [-0.05, 0) is 28.7 Å². The van der Waals surface area contributed by atoms with Crippen LogP contribution >= 0.6 is 0 Å². The van der Waals surface area contributed by atoms with Crippen LogP contribution < -0.4 is 4.74 Å². The fourth-order valence-corrected chi connectivity index (χ4v) is 3.78. The second kappa shape index (κ2) is 9.28. The van der Waals surface area contributed by atoms with E-state index in [2.05, 4.69) is 31.0 Å². The second-order valence-electron chi connectivity index (χ2n) is 8.89. The van der Waals surface area contributed by atoms with E-state index in [-0.39, 0.29) is 23.6 Å². The highest BCUT2D eigenvalue weighted by molar-refractivity contribution is 5.95. The zero-order valence-corrected chi connectivity index (χ0v) is 19.0. The molecule has 3 aromatic carbocycles. The Morgan fingerprint density at radius 3 is 2.36 bits per heavy atom. The summed E-state index contributed by atoms with van der Waals surface area (Å²) in [5, 5.41) is 19.5. The standard InChI is InChI=1S/C27H27N3O3/c1-27(2,3)21-14-8-10-16-23(21)33-18-24(31)28-29-25-20-13-7-9-15-22(20)30(26(25)32)17-19-11-5-4-6-12-19/h4-16,32H,17-18H2,1-3H3. The van der Waals surface area contributed by atoms with Crippen LogP contribution in [-0.4, -0.2) is 22.2 Å². The molecule has 0 atom stereocenters. The van der Waals surface area contributed by atoms with Gasteiger partial charge in [0.25, 0.3) is 0 Å². The number of rotatable bonds is 6. The van der Waals surface area contributed by atoms with Crippen molar-refractivity contribution in [3.05, 3.63) is 90.0 Å². The smallest absolute Gasteiger partial charge is 0.302 e. The summed E-state index contributed by atoms with van der Waals surface area (Å²) in [5.41, 5.74) is 3.02. The maximum atomic E-state index is 12.4. The monoisotopic (exact) mass is 441 g/mol. The molecule has 6 heteroatoms. The van der Waals surface area contributed by atoms with Crippen LogP contribution in [0, 0.1) is 0 Å². The summed E-state index contributed by atoms with van der Waals surface area (Å²) in [5.74, 6) is 0.0875. The van der Waals surface area contributed by atoms with Gasteiger partial charge in [0.05, 0.1) is 12.1 Å². The Morgan fingerprint density at radius 1 is 0.939 bits per heavy atom. The minimum Gasteiger partial charge on any atom is -0.493 e. The zero-order chi connectivity index (χ0) is 23.4. The molecule has 1 amide bonds. The Bertz CT molecular complexity index is 1300. The molecule has 0 bridgehead atoms. The van der Waals surface area contributed by atoms with Crippen LogP contribution in [0.1, 0.15) is 31.9 Å². The van der Waals surface area contributed by atoms with Crippen LogP contribution in [-0.2, 0) is 16.8 Å². The van der Waals surface area contributed by atoms with Crippen LogP contribution in [0.2, 0.25) is 0 Å². The van der Waals surface area contributed by atoms with E-state index in [0.717, 1.165) is 22.0 Å². The van der Waals surface area contributed by atoms with Crippen molar-refractivity contribution in [1.29, 1.82) is 0 Å². The Kier molecular flexibility index (Phi) is 6.27. The third-order valence-electron chi connectivity index (χ3n) is 5.41. The van der Waals surface area contributed by atoms with Crippen molar-refractivity contribution >= 4 is 22.5 Å². The molecule has 1 aromatic heterocycles. The lowest BCUT2D eigenvalue weighted by atomic mass is 9.86. The minimum atomic E-state index is -0.530. The molecule has 0 aliphatic heterocycles. The Labute approximate surface area is 193 Å². The number of fused-ring (bicyclic) bond motifs is 1. The van der Waals surface area contributed by atoms with Crippen molar-refractivity contribution in [2.45, 2.75) is 32.7 Å². The summed E-state index contributed by atoms with van der Waals surface area (Å²) < 4.78 is 7.51. The average Bonchev–Trinajstić information content (AvgIpc) is 3.07. The molecule has 0 unspecified atom stereocenters. The lowest BCUT2D eigenvalue weighted by Gasteiger charge is -2.22. The quantitative estimate of drug-likeness (QED) is 0.353. The summed E-state index contributed by atoms with van der Waals surface area (Å²) in [7, 11) is 0. The molecule has 0 saturated carbocycles. The van der Waals surface area contributed by atoms with Crippen molar-refractivity contribution in [1.82, 2.24) is 4.57 Å². The Balaban J connectivity index is 1.55. The number of benzene rings is 3. The highest BCUT2D eigenvalue weighted by Crippen LogP contribution is 2.39. The number of hydrogen-bond acceptors (Lipinski definition) is 4. The fourth-order valence-electron chi connectivity index (χ4n) is 3.78. The van der Waals surface area contributed by atoms with E-state index in [4.69, 9.17) is 4.74 Å². The number of aromatic hydroxyl groups is 1. The molecule has 1 heterocycles. The van der Waals surface area contributed by atoms with E-state index in [1.807, 2.05) is 78.9 Å². The van der Waals surface area contributed by atoms with E-state index >= 15 is 0 Å². The molecule has 0 aliphatic rings. The highest BCUT2D eigenvalue weighted by atomic mass is 16.5. The number of ether oxygens (including phenoxy) is 1. The van der Waals surface area contributed by atoms with Gasteiger partial charge in [0.15, 0.2) is 12.3 Å². The van der Waals surface area contributed by atoms with Crippen molar-refractivity contribution in [2.24, 2.45) is 10.2 Å². The number of hydrogen-bond donors (Lipinski definition) is 1. The van der Waals surface area contributed by atoms with Gasteiger partial charge in [0.2, 0.25) is 5.88 Å². The Hall–Kier alpha value is -3.93. The third kappa shape index (κ3) is 4.95. The summed E-state index contributed by atoms with van der Waals surface area (Å²) in [6, 6.07) is 25.0. The normalized spacial score (nSPS) is 11.8. The molecule has 0 fully saturated rings. The maximum absolute atomic E-state index is 12.4. The number of para-hydroxylation sites is 2. The fraction of sp³-hybridized carbons (Fsp3) is 0.222. The van der Waals surface area contributed by atoms with E-state index in [9.17, 15) is 9.90 Å². The van der Waals surface area contributed by atoms with Gasteiger partial charge in [-0.3, -0.25) is 4.79 Å². The molecule has 0 saturated heterocycles. The van der Waals surface area contributed by atoms with Gasteiger partial charge in [-0.15, -0.1) is 10.2 Å². The number of nitrogens with zero attached hydrogens (tertiary/aromatic N) is 3. The molecule has 4 aromatic rings. The van der Waals surface area contributed by atoms with Gasteiger partial charge in [0, 0.05) is 5.39 Å². The van der Waals surface area contributed by atoms with Crippen LogP contribution in [0.5, 0.6) is 11.6 Å².